The van der Waals surface area contributed by atoms with Gasteiger partial charge in [-0.05, 0) is 30.7 Å². The summed E-state index contributed by atoms with van der Waals surface area (Å²) in [7, 11) is 3.40. The van der Waals surface area contributed by atoms with Crippen molar-refractivity contribution >= 4 is 16.7 Å². The molecule has 2 aromatic rings. The van der Waals surface area contributed by atoms with Crippen molar-refractivity contribution < 1.29 is 4.74 Å². The lowest BCUT2D eigenvalue weighted by Crippen LogP contribution is -1.96. The van der Waals surface area contributed by atoms with Gasteiger partial charge in [0.25, 0.3) is 0 Å². The Bertz CT molecular complexity index is 614. The number of benzene rings is 1. The normalized spacial score (nSPS) is 10.0. The van der Waals surface area contributed by atoms with Gasteiger partial charge in [-0.25, -0.2) is 4.98 Å². The fourth-order valence-corrected chi connectivity index (χ4v) is 1.81. The van der Waals surface area contributed by atoms with Crippen LogP contribution in [0.5, 0.6) is 5.75 Å². The molecule has 4 nitrogen and oxygen atoms in total. The van der Waals surface area contributed by atoms with Gasteiger partial charge in [-0.15, -0.1) is 0 Å². The maximum absolute atomic E-state index is 9.16. The Hall–Kier alpha value is -2.28. The predicted octanol–water partition coefficient (Wildman–Crippen LogP) is 2.47. The molecule has 0 saturated carbocycles. The number of rotatable bonds is 2. The van der Waals surface area contributed by atoms with Crippen LogP contribution < -0.4 is 10.1 Å². The molecule has 0 aliphatic heterocycles. The molecule has 0 fully saturated rings. The largest absolute Gasteiger partial charge is 0.497 e. The van der Waals surface area contributed by atoms with Crippen LogP contribution in [0.15, 0.2) is 18.2 Å². The molecule has 0 bridgehead atoms. The van der Waals surface area contributed by atoms with Gasteiger partial charge < -0.3 is 10.1 Å². The van der Waals surface area contributed by atoms with E-state index in [9.17, 15) is 0 Å². The van der Waals surface area contributed by atoms with Crippen molar-refractivity contribution in [1.29, 1.82) is 5.26 Å². The number of aromatic nitrogens is 1. The third-order valence-electron chi connectivity index (χ3n) is 2.69. The Morgan fingerprint density at radius 2 is 2.12 bits per heavy atom. The molecule has 0 spiro atoms. The van der Waals surface area contributed by atoms with Crippen LogP contribution in [-0.4, -0.2) is 19.1 Å². The van der Waals surface area contributed by atoms with Gasteiger partial charge in [0.2, 0.25) is 0 Å². The summed E-state index contributed by atoms with van der Waals surface area (Å²) in [6, 6.07) is 7.68. The summed E-state index contributed by atoms with van der Waals surface area (Å²) in [5.41, 5.74) is 2.42. The van der Waals surface area contributed by atoms with E-state index in [2.05, 4.69) is 16.4 Å². The molecule has 4 heteroatoms. The minimum Gasteiger partial charge on any atom is -0.497 e. The number of hydrogen-bond donors (Lipinski definition) is 1. The maximum Gasteiger partial charge on any atom is 0.127 e. The van der Waals surface area contributed by atoms with E-state index in [1.165, 1.54) is 0 Å². The molecule has 0 radical (unpaired) electrons. The molecule has 0 atom stereocenters. The van der Waals surface area contributed by atoms with E-state index in [1.807, 2.05) is 19.1 Å². The Morgan fingerprint density at radius 3 is 2.71 bits per heavy atom. The van der Waals surface area contributed by atoms with Gasteiger partial charge in [0.05, 0.1) is 24.3 Å². The molecule has 17 heavy (non-hydrogen) atoms. The average Bonchev–Trinajstić information content (AvgIpc) is 2.37. The zero-order valence-corrected chi connectivity index (χ0v) is 10.0. The molecule has 2 rings (SSSR count). The fourth-order valence-electron chi connectivity index (χ4n) is 1.81. The van der Waals surface area contributed by atoms with Gasteiger partial charge in [0, 0.05) is 12.4 Å². The molecule has 0 aliphatic carbocycles. The number of fused-ring (bicyclic) bond motifs is 1. The number of anilines is 1. The summed E-state index contributed by atoms with van der Waals surface area (Å²) < 4.78 is 5.21. The molecule has 0 aliphatic rings. The highest BCUT2D eigenvalue weighted by Gasteiger charge is 2.09. The van der Waals surface area contributed by atoms with Crippen molar-refractivity contribution in [2.75, 3.05) is 19.5 Å². The highest BCUT2D eigenvalue weighted by atomic mass is 16.5. The minimum absolute atomic E-state index is 0.598. The average molecular weight is 227 g/mol. The summed E-state index contributed by atoms with van der Waals surface area (Å²) in [5, 5.41) is 12.9. The van der Waals surface area contributed by atoms with Crippen LogP contribution in [0.25, 0.3) is 10.9 Å². The number of nitrogens with one attached hydrogen (secondary N) is 1. The third-order valence-corrected chi connectivity index (χ3v) is 2.69. The summed E-state index contributed by atoms with van der Waals surface area (Å²) in [6.45, 7) is 1.96. The number of aryl methyl sites for hydroxylation is 1. The molecular formula is C13H13N3O. The molecular weight excluding hydrogens is 214 g/mol. The van der Waals surface area contributed by atoms with Crippen LogP contribution in [0.4, 0.5) is 5.82 Å². The van der Waals surface area contributed by atoms with Gasteiger partial charge in [-0.2, -0.15) is 5.26 Å². The van der Waals surface area contributed by atoms with E-state index in [4.69, 9.17) is 10.00 Å². The highest BCUT2D eigenvalue weighted by Crippen LogP contribution is 2.27. The molecule has 1 aromatic heterocycles. The Morgan fingerprint density at radius 1 is 1.35 bits per heavy atom. The van der Waals surface area contributed by atoms with E-state index in [-0.39, 0.29) is 0 Å². The van der Waals surface area contributed by atoms with E-state index in [0.717, 1.165) is 22.2 Å². The van der Waals surface area contributed by atoms with Crippen molar-refractivity contribution in [2.45, 2.75) is 6.92 Å². The van der Waals surface area contributed by atoms with Crippen LogP contribution in [0.2, 0.25) is 0 Å². The molecule has 86 valence electrons. The Balaban J connectivity index is 2.85. The number of methoxy groups -OCH3 is 1. The number of pyridine rings is 1. The monoisotopic (exact) mass is 227 g/mol. The van der Waals surface area contributed by atoms with Crippen molar-refractivity contribution in [2.24, 2.45) is 0 Å². The first kappa shape index (κ1) is 11.2. The third kappa shape index (κ3) is 1.87. The standard InChI is InChI=1S/C13H13N3O/c1-8-4-10(17-3)6-11-9(7-14)5-12(15-2)16-13(8)11/h4-6H,1-3H3,(H,15,16). The van der Waals surface area contributed by atoms with Gasteiger partial charge in [-0.3, -0.25) is 0 Å². The lowest BCUT2D eigenvalue weighted by atomic mass is 10.1. The van der Waals surface area contributed by atoms with Crippen LogP contribution in [0.1, 0.15) is 11.1 Å². The van der Waals surface area contributed by atoms with E-state index in [1.54, 1.807) is 20.2 Å². The molecule has 1 aromatic carbocycles. The van der Waals surface area contributed by atoms with Crippen LogP contribution in [0.3, 0.4) is 0 Å². The van der Waals surface area contributed by atoms with E-state index in [0.29, 0.717) is 11.4 Å². The molecule has 0 saturated heterocycles. The Labute approximate surface area is 99.8 Å². The zero-order valence-electron chi connectivity index (χ0n) is 10.0. The first-order valence-electron chi connectivity index (χ1n) is 5.27. The molecule has 1 heterocycles. The molecule has 0 unspecified atom stereocenters. The fraction of sp³-hybridized carbons (Fsp3) is 0.231. The minimum atomic E-state index is 0.598. The number of nitrogens with zero attached hydrogens (tertiary/aromatic N) is 2. The summed E-state index contributed by atoms with van der Waals surface area (Å²) in [6.07, 6.45) is 0. The summed E-state index contributed by atoms with van der Waals surface area (Å²) in [5.74, 6) is 1.44. The summed E-state index contributed by atoms with van der Waals surface area (Å²) >= 11 is 0. The van der Waals surface area contributed by atoms with Crippen LogP contribution >= 0.6 is 0 Å². The zero-order chi connectivity index (χ0) is 12.4. The number of hydrogen-bond acceptors (Lipinski definition) is 4. The second-order valence-electron chi connectivity index (χ2n) is 3.76. The quantitative estimate of drug-likeness (QED) is 0.856. The van der Waals surface area contributed by atoms with Crippen molar-refractivity contribution in [3.8, 4) is 11.8 Å². The van der Waals surface area contributed by atoms with Crippen molar-refractivity contribution in [1.82, 2.24) is 4.98 Å². The Kier molecular flexibility index (Phi) is 2.84. The number of nitriles is 1. The summed E-state index contributed by atoms with van der Waals surface area (Å²) in [4.78, 5) is 4.46. The van der Waals surface area contributed by atoms with Gasteiger partial charge in [0.15, 0.2) is 0 Å². The predicted molar refractivity (Wildman–Crippen MR) is 67.3 cm³/mol. The topological polar surface area (TPSA) is 57.9 Å². The highest BCUT2D eigenvalue weighted by molar-refractivity contribution is 5.90. The first-order chi connectivity index (χ1) is 8.19. The van der Waals surface area contributed by atoms with E-state index < -0.39 is 0 Å². The van der Waals surface area contributed by atoms with Crippen LogP contribution in [-0.2, 0) is 0 Å². The van der Waals surface area contributed by atoms with Gasteiger partial charge >= 0.3 is 0 Å². The van der Waals surface area contributed by atoms with Crippen molar-refractivity contribution in [3.05, 3.63) is 29.3 Å². The molecule has 0 amide bonds. The lowest BCUT2D eigenvalue weighted by molar-refractivity contribution is 0.415. The first-order valence-corrected chi connectivity index (χ1v) is 5.27. The lowest BCUT2D eigenvalue weighted by Gasteiger charge is -2.09. The van der Waals surface area contributed by atoms with Gasteiger partial charge in [0.1, 0.15) is 11.6 Å². The smallest absolute Gasteiger partial charge is 0.127 e. The second kappa shape index (κ2) is 4.30. The van der Waals surface area contributed by atoms with E-state index >= 15 is 0 Å². The number of ether oxygens (including phenoxy) is 1. The van der Waals surface area contributed by atoms with Crippen LogP contribution in [0, 0.1) is 18.3 Å². The SMILES string of the molecule is CNc1cc(C#N)c2cc(OC)cc(C)c2n1. The molecule has 1 N–H and O–H groups in total. The van der Waals surface area contributed by atoms with Gasteiger partial charge in [-0.1, -0.05) is 0 Å². The second-order valence-corrected chi connectivity index (χ2v) is 3.76. The maximum atomic E-state index is 9.16. The van der Waals surface area contributed by atoms with Crippen molar-refractivity contribution in [3.63, 3.8) is 0 Å².